The van der Waals surface area contributed by atoms with Crippen molar-refractivity contribution in [2.75, 3.05) is 23.3 Å². The van der Waals surface area contributed by atoms with Crippen LogP contribution in [0.15, 0.2) is 100 Å². The molecule has 0 bridgehead atoms. The van der Waals surface area contributed by atoms with E-state index in [1.165, 1.54) is 23.5 Å². The second kappa shape index (κ2) is 13.0. The summed E-state index contributed by atoms with van der Waals surface area (Å²) in [6.07, 6.45) is 0. The van der Waals surface area contributed by atoms with E-state index in [1.54, 1.807) is 73.7 Å². The zero-order valence-corrected chi connectivity index (χ0v) is 25.2. The molecule has 0 aliphatic heterocycles. The number of benzene rings is 4. The van der Waals surface area contributed by atoms with Crippen molar-refractivity contribution in [1.82, 2.24) is 0 Å². The molecule has 0 unspecified atom stereocenters. The van der Waals surface area contributed by atoms with E-state index in [-0.39, 0.29) is 24.0 Å². The summed E-state index contributed by atoms with van der Waals surface area (Å²) in [5, 5.41) is 2.80. The monoisotopic (exact) mass is 636 g/mol. The van der Waals surface area contributed by atoms with Crippen molar-refractivity contribution in [2.45, 2.75) is 25.3 Å². The van der Waals surface area contributed by atoms with Crippen molar-refractivity contribution < 1.29 is 27.5 Å². The topological polar surface area (TPSA) is 102 Å². The summed E-state index contributed by atoms with van der Waals surface area (Å²) in [6, 6.07) is 25.0. The molecule has 1 N–H and O–H groups in total. The molecule has 0 spiro atoms. The van der Waals surface area contributed by atoms with Crippen LogP contribution in [0.2, 0.25) is 0 Å². The van der Waals surface area contributed by atoms with Gasteiger partial charge in [-0.05, 0) is 102 Å². The van der Waals surface area contributed by atoms with Crippen LogP contribution < -0.4 is 14.4 Å². The van der Waals surface area contributed by atoms with E-state index in [4.69, 9.17) is 9.47 Å². The highest BCUT2D eigenvalue weighted by Crippen LogP contribution is 2.32. The van der Waals surface area contributed by atoms with Crippen LogP contribution in [0.1, 0.15) is 38.8 Å². The van der Waals surface area contributed by atoms with Gasteiger partial charge in [-0.2, -0.15) is 0 Å². The molecule has 0 aromatic heterocycles. The Balaban J connectivity index is 1.55. The van der Waals surface area contributed by atoms with E-state index >= 15 is 0 Å². The molecular formula is C31H29BrN2O6S. The number of amides is 1. The molecule has 10 heteroatoms. The third kappa shape index (κ3) is 7.14. The second-order valence-electron chi connectivity index (χ2n) is 9.09. The number of methoxy groups -OCH3 is 1. The normalized spacial score (nSPS) is 11.0. The van der Waals surface area contributed by atoms with E-state index in [1.807, 2.05) is 19.1 Å². The summed E-state index contributed by atoms with van der Waals surface area (Å²) in [7, 11) is -2.45. The molecule has 0 fully saturated rings. The predicted octanol–water partition coefficient (Wildman–Crippen LogP) is 6.59. The highest BCUT2D eigenvalue weighted by Gasteiger charge is 2.26. The van der Waals surface area contributed by atoms with Crippen LogP contribution in [0.3, 0.4) is 0 Å². The molecule has 0 radical (unpaired) electrons. The maximum absolute atomic E-state index is 13.8. The largest absolute Gasteiger partial charge is 0.496 e. The lowest BCUT2D eigenvalue weighted by atomic mass is 10.1. The Kier molecular flexibility index (Phi) is 9.46. The Bertz CT molecular complexity index is 1640. The van der Waals surface area contributed by atoms with Crippen LogP contribution in [-0.2, 0) is 21.3 Å². The van der Waals surface area contributed by atoms with Crippen LogP contribution in [0, 0.1) is 6.92 Å². The first-order valence-electron chi connectivity index (χ1n) is 12.7. The maximum atomic E-state index is 13.8. The molecule has 0 atom stereocenters. The molecule has 8 nitrogen and oxygen atoms in total. The average molecular weight is 638 g/mol. The number of anilines is 2. The average Bonchev–Trinajstić information content (AvgIpc) is 2.97. The fourth-order valence-electron chi connectivity index (χ4n) is 4.00. The molecule has 4 aromatic rings. The zero-order valence-electron chi connectivity index (χ0n) is 22.8. The minimum absolute atomic E-state index is 0.0479. The minimum Gasteiger partial charge on any atom is -0.496 e. The van der Waals surface area contributed by atoms with Crippen LogP contribution in [0.5, 0.6) is 5.75 Å². The number of halogens is 1. The van der Waals surface area contributed by atoms with Crippen molar-refractivity contribution in [3.8, 4) is 5.75 Å². The Hall–Kier alpha value is -4.15. The first kappa shape index (κ1) is 29.8. The van der Waals surface area contributed by atoms with Crippen molar-refractivity contribution in [2.24, 2.45) is 0 Å². The number of ether oxygens (including phenoxy) is 2. The summed E-state index contributed by atoms with van der Waals surface area (Å²) in [5.74, 6) is -0.247. The van der Waals surface area contributed by atoms with Crippen LogP contribution in [0.4, 0.5) is 11.4 Å². The summed E-state index contributed by atoms with van der Waals surface area (Å²) in [5.41, 5.74) is 3.52. The molecule has 0 saturated heterocycles. The summed E-state index contributed by atoms with van der Waals surface area (Å²) in [4.78, 5) is 24.8. The van der Waals surface area contributed by atoms with E-state index in [2.05, 4.69) is 21.2 Å². The summed E-state index contributed by atoms with van der Waals surface area (Å²) in [6.45, 7) is 3.99. The highest BCUT2D eigenvalue weighted by molar-refractivity contribution is 9.10. The SMILES string of the molecule is CCOC(=O)c1ccc(NC(=O)c2ccc(CN(c3ccc(C)cc3)S(=O)(=O)c3ccc(OC)c(Br)c3)cc2)cc1. The van der Waals surface area contributed by atoms with Gasteiger partial charge in [0, 0.05) is 11.3 Å². The van der Waals surface area contributed by atoms with Crippen LogP contribution in [0.25, 0.3) is 0 Å². The summed E-state index contributed by atoms with van der Waals surface area (Å²) >= 11 is 3.38. The Morgan fingerprint density at radius 1 is 0.878 bits per heavy atom. The third-order valence-corrected chi connectivity index (χ3v) is 8.62. The van der Waals surface area contributed by atoms with Gasteiger partial charge >= 0.3 is 5.97 Å². The maximum Gasteiger partial charge on any atom is 0.338 e. The number of carbonyl (C=O) groups is 2. The van der Waals surface area contributed by atoms with Crippen molar-refractivity contribution in [3.63, 3.8) is 0 Å². The van der Waals surface area contributed by atoms with E-state index in [0.717, 1.165) is 5.56 Å². The Morgan fingerprint density at radius 2 is 1.51 bits per heavy atom. The second-order valence-corrected chi connectivity index (χ2v) is 11.8. The molecule has 0 aliphatic rings. The van der Waals surface area contributed by atoms with Gasteiger partial charge in [-0.1, -0.05) is 29.8 Å². The molecule has 0 aliphatic carbocycles. The lowest BCUT2D eigenvalue weighted by Gasteiger charge is -2.25. The number of nitrogens with zero attached hydrogens (tertiary/aromatic N) is 1. The first-order chi connectivity index (χ1) is 19.6. The van der Waals surface area contributed by atoms with Gasteiger partial charge in [0.2, 0.25) is 0 Å². The molecule has 212 valence electrons. The van der Waals surface area contributed by atoms with Gasteiger partial charge in [0.15, 0.2) is 0 Å². The molecular weight excluding hydrogens is 608 g/mol. The third-order valence-electron chi connectivity index (χ3n) is 6.23. The number of esters is 1. The quantitative estimate of drug-likeness (QED) is 0.197. The number of carbonyl (C=O) groups excluding carboxylic acids is 2. The standard InChI is InChI=1S/C31H29BrN2O6S/c1-4-40-31(36)24-11-13-25(14-12-24)33-30(35)23-9-7-22(8-10-23)20-34(26-15-5-21(2)6-16-26)41(37,38)27-17-18-29(39-3)28(32)19-27/h5-19H,4,20H2,1-3H3,(H,33,35). The fourth-order valence-corrected chi connectivity index (χ4v) is 6.17. The van der Waals surface area contributed by atoms with E-state index < -0.39 is 16.0 Å². The van der Waals surface area contributed by atoms with E-state index in [0.29, 0.717) is 38.3 Å². The molecule has 1 amide bonds. The number of aryl methyl sites for hydroxylation is 1. The lowest BCUT2D eigenvalue weighted by molar-refractivity contribution is 0.0526. The van der Waals surface area contributed by atoms with Gasteiger partial charge < -0.3 is 14.8 Å². The fraction of sp³-hybridized carbons (Fsp3) is 0.161. The van der Waals surface area contributed by atoms with Gasteiger partial charge in [0.05, 0.1) is 40.9 Å². The van der Waals surface area contributed by atoms with Gasteiger partial charge in [-0.3, -0.25) is 9.10 Å². The van der Waals surface area contributed by atoms with Gasteiger partial charge in [0.25, 0.3) is 15.9 Å². The lowest BCUT2D eigenvalue weighted by Crippen LogP contribution is -2.30. The molecule has 41 heavy (non-hydrogen) atoms. The van der Waals surface area contributed by atoms with Gasteiger partial charge in [-0.15, -0.1) is 0 Å². The number of rotatable bonds is 10. The minimum atomic E-state index is -3.96. The zero-order chi connectivity index (χ0) is 29.6. The Labute approximate surface area is 248 Å². The molecule has 0 heterocycles. The summed E-state index contributed by atoms with van der Waals surface area (Å²) < 4.78 is 39.7. The van der Waals surface area contributed by atoms with Gasteiger partial charge in [-0.25, -0.2) is 13.2 Å². The van der Waals surface area contributed by atoms with Crippen molar-refractivity contribution in [1.29, 1.82) is 0 Å². The van der Waals surface area contributed by atoms with Crippen molar-refractivity contribution >= 4 is 49.2 Å². The van der Waals surface area contributed by atoms with Crippen LogP contribution >= 0.6 is 15.9 Å². The number of hydrogen-bond donors (Lipinski definition) is 1. The molecule has 4 aromatic carbocycles. The van der Waals surface area contributed by atoms with Gasteiger partial charge in [0.1, 0.15) is 5.75 Å². The van der Waals surface area contributed by atoms with E-state index in [9.17, 15) is 18.0 Å². The predicted molar refractivity (Wildman–Crippen MR) is 162 cm³/mol. The highest BCUT2D eigenvalue weighted by atomic mass is 79.9. The number of sulfonamides is 1. The van der Waals surface area contributed by atoms with Crippen molar-refractivity contribution in [3.05, 3.63) is 118 Å². The van der Waals surface area contributed by atoms with Crippen LogP contribution in [-0.4, -0.2) is 34.0 Å². The molecule has 4 rings (SSSR count). The smallest absolute Gasteiger partial charge is 0.338 e. The number of nitrogens with one attached hydrogen (secondary N) is 1. The number of hydrogen-bond acceptors (Lipinski definition) is 6. The molecule has 0 saturated carbocycles. The first-order valence-corrected chi connectivity index (χ1v) is 15.0. The Morgan fingerprint density at radius 3 is 2.10 bits per heavy atom.